The van der Waals surface area contributed by atoms with Crippen LogP contribution in [0.2, 0.25) is 18.1 Å². The topological polar surface area (TPSA) is 76.8 Å². The number of nitrogens with zero attached hydrogens (tertiary/aromatic N) is 3. The number of benzene rings is 2. The molecule has 1 saturated heterocycles. The summed E-state index contributed by atoms with van der Waals surface area (Å²) in [7, 11) is -1.87. The summed E-state index contributed by atoms with van der Waals surface area (Å²) in [5.74, 6) is 0. The van der Waals surface area contributed by atoms with E-state index in [1.807, 2.05) is 48.5 Å². The van der Waals surface area contributed by atoms with Gasteiger partial charge in [0.2, 0.25) is 0 Å². The van der Waals surface area contributed by atoms with Crippen LogP contribution in [0.25, 0.3) is 0 Å². The second-order valence-corrected chi connectivity index (χ2v) is 15.8. The van der Waals surface area contributed by atoms with Crippen LogP contribution in [0.1, 0.15) is 49.9 Å². The third-order valence-corrected chi connectivity index (χ3v) is 12.0. The van der Waals surface area contributed by atoms with Gasteiger partial charge in [-0.3, -0.25) is 9.80 Å². The highest BCUT2D eigenvalue weighted by molar-refractivity contribution is 6.74. The number of rotatable bonds is 9. The Morgan fingerprint density at radius 3 is 2.57 bits per heavy atom. The molecule has 188 valence electrons. The Morgan fingerprint density at radius 2 is 1.94 bits per heavy atom. The predicted octanol–water partition coefficient (Wildman–Crippen LogP) is 5.92. The summed E-state index contributed by atoms with van der Waals surface area (Å²) in [4.78, 5) is 16.3. The molecule has 2 atom stereocenters. The molecule has 0 saturated carbocycles. The van der Waals surface area contributed by atoms with Crippen molar-refractivity contribution in [1.82, 2.24) is 9.80 Å². The zero-order chi connectivity index (χ0) is 25.6. The number of carbonyl (C=O) groups is 1. The maximum atomic E-state index is 12.4. The molecule has 0 aliphatic carbocycles. The highest BCUT2D eigenvalue weighted by Gasteiger charge is 2.41. The molecule has 1 aliphatic heterocycles. The van der Waals surface area contributed by atoms with Crippen molar-refractivity contribution >= 4 is 14.4 Å². The fourth-order valence-electron chi connectivity index (χ4n) is 4.38. The van der Waals surface area contributed by atoms with Gasteiger partial charge < -0.3 is 9.53 Å². The van der Waals surface area contributed by atoms with Gasteiger partial charge in [-0.25, -0.2) is 4.79 Å². The molecule has 6 nitrogen and oxygen atoms in total. The van der Waals surface area contributed by atoms with Gasteiger partial charge in [-0.2, -0.15) is 5.26 Å². The van der Waals surface area contributed by atoms with Crippen molar-refractivity contribution in [2.75, 3.05) is 26.2 Å². The molecule has 1 amide bonds. The molecule has 0 spiro atoms. The summed E-state index contributed by atoms with van der Waals surface area (Å²) < 4.78 is 6.65. The molecule has 1 aliphatic rings. The van der Waals surface area contributed by atoms with Crippen molar-refractivity contribution in [2.24, 2.45) is 0 Å². The van der Waals surface area contributed by atoms with Gasteiger partial charge in [-0.05, 0) is 54.2 Å². The maximum absolute atomic E-state index is 12.4. The quantitative estimate of drug-likeness (QED) is 0.439. The molecule has 0 unspecified atom stereocenters. The van der Waals surface area contributed by atoms with Gasteiger partial charge in [-0.15, -0.1) is 0 Å². The highest BCUT2D eigenvalue weighted by Crippen LogP contribution is 2.38. The van der Waals surface area contributed by atoms with Crippen molar-refractivity contribution in [3.63, 3.8) is 0 Å². The van der Waals surface area contributed by atoms with Crippen LogP contribution in [0.5, 0.6) is 0 Å². The lowest BCUT2D eigenvalue weighted by molar-refractivity contribution is 0.107. The lowest BCUT2D eigenvalue weighted by Crippen LogP contribution is -2.45. The Morgan fingerprint density at radius 1 is 1.23 bits per heavy atom. The van der Waals surface area contributed by atoms with E-state index >= 15 is 0 Å². The van der Waals surface area contributed by atoms with Gasteiger partial charge in [0.15, 0.2) is 8.32 Å². The highest BCUT2D eigenvalue weighted by atomic mass is 28.4. The van der Waals surface area contributed by atoms with Gasteiger partial charge in [0.1, 0.15) is 0 Å². The van der Waals surface area contributed by atoms with Crippen LogP contribution in [0, 0.1) is 11.3 Å². The van der Waals surface area contributed by atoms with E-state index in [1.165, 1.54) is 4.90 Å². The third-order valence-electron chi connectivity index (χ3n) is 7.43. The van der Waals surface area contributed by atoms with Crippen molar-refractivity contribution in [1.29, 1.82) is 5.26 Å². The Labute approximate surface area is 211 Å². The van der Waals surface area contributed by atoms with Crippen molar-refractivity contribution in [3.05, 3.63) is 71.3 Å². The minimum atomic E-state index is -1.87. The van der Waals surface area contributed by atoms with Crippen molar-refractivity contribution in [2.45, 2.75) is 63.9 Å². The molecule has 1 fully saturated rings. The molecular formula is C28H39N3O3Si. The molecule has 7 heteroatoms. The maximum Gasteiger partial charge on any atom is 0.407 e. The molecule has 0 radical (unpaired) electrons. The van der Waals surface area contributed by atoms with E-state index in [0.29, 0.717) is 25.1 Å². The Bertz CT molecular complexity index is 1030. The summed E-state index contributed by atoms with van der Waals surface area (Å²) in [5, 5.41) is 19.8. The Balaban J connectivity index is 1.79. The third kappa shape index (κ3) is 7.17. The summed E-state index contributed by atoms with van der Waals surface area (Å²) >= 11 is 0. The monoisotopic (exact) mass is 493 g/mol. The van der Waals surface area contributed by atoms with Gasteiger partial charge in [0.05, 0.1) is 23.8 Å². The van der Waals surface area contributed by atoms with Crippen LogP contribution in [-0.4, -0.2) is 61.6 Å². The van der Waals surface area contributed by atoms with Crippen molar-refractivity contribution < 1.29 is 14.3 Å². The lowest BCUT2D eigenvalue weighted by atomic mass is 10.0. The zero-order valence-electron chi connectivity index (χ0n) is 21.7. The average molecular weight is 494 g/mol. The van der Waals surface area contributed by atoms with E-state index in [1.54, 1.807) is 6.07 Å². The minimum absolute atomic E-state index is 0.151. The first-order valence-electron chi connectivity index (χ1n) is 12.4. The summed E-state index contributed by atoms with van der Waals surface area (Å²) in [6, 6.07) is 19.1. The predicted molar refractivity (Wildman–Crippen MR) is 142 cm³/mol. The number of carboxylic acid groups (broad SMARTS) is 1. The van der Waals surface area contributed by atoms with E-state index in [4.69, 9.17) is 4.43 Å². The van der Waals surface area contributed by atoms with Crippen LogP contribution in [0.4, 0.5) is 4.79 Å². The van der Waals surface area contributed by atoms with E-state index < -0.39 is 14.4 Å². The molecule has 1 heterocycles. The molecule has 2 aromatic carbocycles. The molecule has 0 aromatic heterocycles. The summed E-state index contributed by atoms with van der Waals surface area (Å²) in [6.45, 7) is 14.0. The molecule has 35 heavy (non-hydrogen) atoms. The van der Waals surface area contributed by atoms with Crippen LogP contribution in [0.3, 0.4) is 0 Å². The van der Waals surface area contributed by atoms with Crippen LogP contribution in [0.15, 0.2) is 54.6 Å². The van der Waals surface area contributed by atoms with Crippen LogP contribution < -0.4 is 0 Å². The lowest BCUT2D eigenvalue weighted by Gasteiger charge is -2.38. The number of likely N-dealkylation sites (tertiary alicyclic amines) is 1. The number of amides is 1. The molecular weight excluding hydrogens is 454 g/mol. The summed E-state index contributed by atoms with van der Waals surface area (Å²) in [6.07, 6.45) is 0.818. The smallest absolute Gasteiger partial charge is 0.407 e. The Hall–Kier alpha value is -2.66. The standard InChI is InChI=1S/C28H39N3O3Si/c1-28(2,3)35(4,5)34-25-15-16-30(20-25)21-26(24-13-9-12-23(18-24)19-29)31(27(32)33)17-14-22-10-7-6-8-11-22/h6-13,18,25-26H,14-17,20-21H2,1-5H3,(H,32,33)/t25-,26+/m0/s1. The van der Waals surface area contributed by atoms with E-state index in [0.717, 1.165) is 30.6 Å². The van der Waals surface area contributed by atoms with E-state index in [-0.39, 0.29) is 17.2 Å². The fourth-order valence-corrected chi connectivity index (χ4v) is 5.75. The van der Waals surface area contributed by atoms with Gasteiger partial charge in [-0.1, -0.05) is 63.2 Å². The number of hydrogen-bond donors (Lipinski definition) is 1. The fraction of sp³-hybridized carbons (Fsp3) is 0.500. The first-order chi connectivity index (χ1) is 16.5. The normalized spacial score (nSPS) is 17.7. The van der Waals surface area contributed by atoms with Crippen LogP contribution in [-0.2, 0) is 10.8 Å². The molecule has 2 aromatic rings. The number of nitriles is 1. The minimum Gasteiger partial charge on any atom is -0.465 e. The molecule has 3 rings (SSSR count). The van der Waals surface area contributed by atoms with Crippen molar-refractivity contribution in [3.8, 4) is 6.07 Å². The molecule has 0 bridgehead atoms. The van der Waals surface area contributed by atoms with E-state index in [2.05, 4.69) is 44.8 Å². The Kier molecular flexibility index (Phi) is 8.76. The van der Waals surface area contributed by atoms with Crippen LogP contribution >= 0.6 is 0 Å². The summed E-state index contributed by atoms with van der Waals surface area (Å²) in [5.41, 5.74) is 2.50. The van der Waals surface area contributed by atoms with Gasteiger partial charge in [0, 0.05) is 26.2 Å². The largest absolute Gasteiger partial charge is 0.465 e. The zero-order valence-corrected chi connectivity index (χ0v) is 22.7. The average Bonchev–Trinajstić information content (AvgIpc) is 3.24. The second kappa shape index (κ2) is 11.4. The SMILES string of the molecule is CC(C)(C)[Si](C)(C)O[C@H]1CCN(C[C@H](c2cccc(C#N)c2)N(CCc2ccccc2)C(=O)O)C1. The van der Waals surface area contributed by atoms with Gasteiger partial charge in [0.25, 0.3) is 0 Å². The molecule has 1 N–H and O–H groups in total. The second-order valence-electron chi connectivity index (χ2n) is 11.0. The van der Waals surface area contributed by atoms with E-state index in [9.17, 15) is 15.2 Å². The number of hydrogen-bond acceptors (Lipinski definition) is 4. The first kappa shape index (κ1) is 26.9. The first-order valence-corrected chi connectivity index (χ1v) is 15.3. The van der Waals surface area contributed by atoms with Gasteiger partial charge >= 0.3 is 6.09 Å².